The van der Waals surface area contributed by atoms with Gasteiger partial charge in [-0.15, -0.1) is 0 Å². The van der Waals surface area contributed by atoms with Crippen LogP contribution >= 0.6 is 15.9 Å². The zero-order valence-corrected chi connectivity index (χ0v) is 9.62. The van der Waals surface area contributed by atoms with Crippen molar-refractivity contribution in [1.29, 1.82) is 0 Å². The molecule has 3 heteroatoms. The van der Waals surface area contributed by atoms with Gasteiger partial charge in [0.1, 0.15) is 0 Å². The first kappa shape index (κ1) is 9.71. The van der Waals surface area contributed by atoms with Gasteiger partial charge in [0.05, 0.1) is 0 Å². The third-order valence-electron chi connectivity index (χ3n) is 2.57. The van der Waals surface area contributed by atoms with Crippen LogP contribution in [0, 0.1) is 0 Å². The van der Waals surface area contributed by atoms with Crippen LogP contribution in [0.2, 0.25) is 0 Å². The molecule has 1 aromatic carbocycles. The van der Waals surface area contributed by atoms with Crippen molar-refractivity contribution in [2.45, 2.75) is 24.7 Å². The maximum Gasteiger partial charge on any atom is 0.229 e. The summed E-state index contributed by atoms with van der Waals surface area (Å²) in [4.78, 5) is 13.3. The van der Waals surface area contributed by atoms with Crippen molar-refractivity contribution in [3.8, 4) is 0 Å². The Morgan fingerprint density at radius 3 is 2.79 bits per heavy atom. The van der Waals surface area contributed by atoms with E-state index in [1.807, 2.05) is 29.2 Å². The fourth-order valence-corrected chi connectivity index (χ4v) is 2.28. The van der Waals surface area contributed by atoms with E-state index in [2.05, 4.69) is 22.9 Å². The monoisotopic (exact) mass is 253 g/mol. The molecule has 1 atom stereocenters. The number of hydrogen-bond acceptors (Lipinski definition) is 1. The van der Waals surface area contributed by atoms with Gasteiger partial charge in [-0.05, 0) is 18.6 Å². The van der Waals surface area contributed by atoms with E-state index in [1.165, 1.54) is 5.56 Å². The highest BCUT2D eigenvalue weighted by molar-refractivity contribution is 9.08. The molecule has 74 valence electrons. The molecule has 1 amide bonds. The van der Waals surface area contributed by atoms with Crippen LogP contribution < -0.4 is 4.90 Å². The number of nitrogens with zero attached hydrogens (tertiary/aromatic N) is 1. The maximum atomic E-state index is 11.4. The number of amides is 1. The van der Waals surface area contributed by atoms with Crippen molar-refractivity contribution < 1.29 is 4.79 Å². The zero-order chi connectivity index (χ0) is 10.1. The second kappa shape index (κ2) is 3.73. The van der Waals surface area contributed by atoms with Gasteiger partial charge < -0.3 is 4.90 Å². The number of benzene rings is 1. The van der Waals surface area contributed by atoms with Crippen LogP contribution in [0.1, 0.15) is 18.9 Å². The van der Waals surface area contributed by atoms with Gasteiger partial charge in [0.2, 0.25) is 5.91 Å². The van der Waals surface area contributed by atoms with Crippen molar-refractivity contribution in [3.63, 3.8) is 0 Å². The SMILES string of the molecule is CC1CC(=O)N1c1ccccc1CBr. The van der Waals surface area contributed by atoms with Crippen molar-refractivity contribution >= 4 is 27.5 Å². The highest BCUT2D eigenvalue weighted by Crippen LogP contribution is 2.31. The second-order valence-electron chi connectivity index (χ2n) is 3.58. The number of rotatable bonds is 2. The summed E-state index contributed by atoms with van der Waals surface area (Å²) in [7, 11) is 0. The van der Waals surface area contributed by atoms with E-state index in [1.54, 1.807) is 0 Å². The largest absolute Gasteiger partial charge is 0.309 e. The number of β-lactam (4-membered cyclic amide) rings is 1. The lowest BCUT2D eigenvalue weighted by Crippen LogP contribution is -2.51. The number of halogens is 1. The molecule has 0 aromatic heterocycles. The topological polar surface area (TPSA) is 20.3 Å². The van der Waals surface area contributed by atoms with Crippen LogP contribution in [0.25, 0.3) is 0 Å². The van der Waals surface area contributed by atoms with Gasteiger partial charge in [0.15, 0.2) is 0 Å². The van der Waals surface area contributed by atoms with E-state index in [0.29, 0.717) is 12.5 Å². The van der Waals surface area contributed by atoms with E-state index in [9.17, 15) is 4.79 Å². The Labute approximate surface area is 92.0 Å². The van der Waals surface area contributed by atoms with Crippen LogP contribution in [0.5, 0.6) is 0 Å². The van der Waals surface area contributed by atoms with Gasteiger partial charge in [0.25, 0.3) is 0 Å². The lowest BCUT2D eigenvalue weighted by atomic mass is 10.0. The van der Waals surface area contributed by atoms with Crippen molar-refractivity contribution in [1.82, 2.24) is 0 Å². The minimum absolute atomic E-state index is 0.228. The number of carbonyl (C=O) groups excluding carboxylic acids is 1. The van der Waals surface area contributed by atoms with Crippen molar-refractivity contribution in [3.05, 3.63) is 29.8 Å². The van der Waals surface area contributed by atoms with Gasteiger partial charge in [-0.25, -0.2) is 0 Å². The maximum absolute atomic E-state index is 11.4. The Kier molecular flexibility index (Phi) is 2.59. The van der Waals surface area contributed by atoms with Gasteiger partial charge in [-0.1, -0.05) is 34.1 Å². The van der Waals surface area contributed by atoms with Gasteiger partial charge in [-0.3, -0.25) is 4.79 Å². The van der Waals surface area contributed by atoms with Crippen LogP contribution in [-0.2, 0) is 10.1 Å². The normalized spacial score (nSPS) is 20.9. The van der Waals surface area contributed by atoms with E-state index >= 15 is 0 Å². The standard InChI is InChI=1S/C11H12BrNO/c1-8-6-11(14)13(8)10-5-3-2-4-9(10)7-12/h2-5,8H,6-7H2,1H3. The highest BCUT2D eigenvalue weighted by atomic mass is 79.9. The summed E-state index contributed by atoms with van der Waals surface area (Å²) in [5, 5.41) is 0.791. The van der Waals surface area contributed by atoms with Crippen LogP contribution in [0.4, 0.5) is 5.69 Å². The Balaban J connectivity index is 2.35. The Morgan fingerprint density at radius 1 is 1.50 bits per heavy atom. The summed E-state index contributed by atoms with van der Waals surface area (Å²) in [6.45, 7) is 2.08. The zero-order valence-electron chi connectivity index (χ0n) is 8.03. The summed E-state index contributed by atoms with van der Waals surface area (Å²) in [6, 6.07) is 8.36. The molecule has 2 nitrogen and oxygen atoms in total. The molecule has 0 N–H and O–H groups in total. The van der Waals surface area contributed by atoms with E-state index in [-0.39, 0.29) is 5.91 Å². The van der Waals surface area contributed by atoms with Gasteiger partial charge in [-0.2, -0.15) is 0 Å². The van der Waals surface area contributed by atoms with E-state index < -0.39 is 0 Å². The first-order chi connectivity index (χ1) is 6.74. The first-order valence-corrected chi connectivity index (χ1v) is 5.82. The van der Waals surface area contributed by atoms with Crippen molar-refractivity contribution in [2.24, 2.45) is 0 Å². The fraction of sp³-hybridized carbons (Fsp3) is 0.364. The molecule has 0 spiro atoms. The quantitative estimate of drug-likeness (QED) is 0.587. The van der Waals surface area contributed by atoms with Crippen molar-refractivity contribution in [2.75, 3.05) is 4.90 Å². The van der Waals surface area contributed by atoms with E-state index in [4.69, 9.17) is 0 Å². The Bertz CT molecular complexity index is 364. The minimum atomic E-state index is 0.228. The average molecular weight is 254 g/mol. The molecule has 1 fully saturated rings. The molecular weight excluding hydrogens is 242 g/mol. The molecule has 0 saturated carbocycles. The van der Waals surface area contributed by atoms with Crippen LogP contribution in [0.3, 0.4) is 0 Å². The third kappa shape index (κ3) is 1.46. The molecule has 2 rings (SSSR count). The molecule has 1 saturated heterocycles. The predicted molar refractivity (Wildman–Crippen MR) is 60.6 cm³/mol. The number of carbonyl (C=O) groups is 1. The molecule has 1 aromatic rings. The molecule has 0 aliphatic carbocycles. The molecule has 1 heterocycles. The molecule has 0 radical (unpaired) electrons. The summed E-state index contributed by atoms with van der Waals surface area (Å²) in [5.41, 5.74) is 2.22. The van der Waals surface area contributed by atoms with Gasteiger partial charge in [0, 0.05) is 23.5 Å². The number of hydrogen-bond donors (Lipinski definition) is 0. The summed E-state index contributed by atoms with van der Waals surface area (Å²) in [6.07, 6.45) is 0.677. The molecule has 14 heavy (non-hydrogen) atoms. The van der Waals surface area contributed by atoms with Crippen LogP contribution in [-0.4, -0.2) is 11.9 Å². The highest BCUT2D eigenvalue weighted by Gasteiger charge is 2.34. The fourth-order valence-electron chi connectivity index (χ4n) is 1.81. The summed E-state index contributed by atoms with van der Waals surface area (Å²) in [5.74, 6) is 0.228. The lowest BCUT2D eigenvalue weighted by molar-refractivity contribution is -0.123. The number of anilines is 1. The molecule has 1 aliphatic heterocycles. The number of para-hydroxylation sites is 1. The Hall–Kier alpha value is -0.830. The Morgan fingerprint density at radius 2 is 2.21 bits per heavy atom. The van der Waals surface area contributed by atoms with Gasteiger partial charge >= 0.3 is 0 Å². The van der Waals surface area contributed by atoms with Crippen LogP contribution in [0.15, 0.2) is 24.3 Å². The molecule has 1 unspecified atom stereocenters. The second-order valence-corrected chi connectivity index (χ2v) is 4.14. The minimum Gasteiger partial charge on any atom is -0.309 e. The summed E-state index contributed by atoms with van der Waals surface area (Å²) >= 11 is 3.43. The molecule has 1 aliphatic rings. The smallest absolute Gasteiger partial charge is 0.229 e. The molecule has 0 bridgehead atoms. The van der Waals surface area contributed by atoms with E-state index in [0.717, 1.165) is 11.0 Å². The average Bonchev–Trinajstić information content (AvgIpc) is 2.18. The third-order valence-corrected chi connectivity index (χ3v) is 3.18. The predicted octanol–water partition coefficient (Wildman–Crippen LogP) is 2.71. The molecular formula is C11H12BrNO. The number of alkyl halides is 1. The summed E-state index contributed by atoms with van der Waals surface area (Å²) < 4.78 is 0. The lowest BCUT2D eigenvalue weighted by Gasteiger charge is -2.39. The first-order valence-electron chi connectivity index (χ1n) is 4.70.